The van der Waals surface area contributed by atoms with E-state index in [9.17, 15) is 14.4 Å². The van der Waals surface area contributed by atoms with Gasteiger partial charge in [-0.25, -0.2) is 4.98 Å². The molecule has 2 amide bonds. The van der Waals surface area contributed by atoms with Crippen LogP contribution in [0.25, 0.3) is 0 Å². The maximum atomic E-state index is 13.1. The van der Waals surface area contributed by atoms with Crippen molar-refractivity contribution in [2.24, 2.45) is 11.7 Å². The first-order valence-electron chi connectivity index (χ1n) is 12.7. The number of ketones is 1. The molecule has 184 valence electrons. The number of aromatic nitrogens is 1. The SMILES string of the molecule is CCCNc1cc(C(=O)NC2CC3CCC(C2)N3c2ccc(C(=O)C3CC3)cn2)ccc1C(N)=O. The summed E-state index contributed by atoms with van der Waals surface area (Å²) in [7, 11) is 0. The molecule has 2 saturated heterocycles. The quantitative estimate of drug-likeness (QED) is 0.478. The molecule has 2 bridgehead atoms. The summed E-state index contributed by atoms with van der Waals surface area (Å²) in [4.78, 5) is 44.1. The fraction of sp³-hybridized carbons (Fsp3) is 0.481. The Hall–Kier alpha value is -3.42. The van der Waals surface area contributed by atoms with E-state index < -0.39 is 5.91 Å². The number of primary amides is 1. The van der Waals surface area contributed by atoms with Crippen LogP contribution in [0.4, 0.5) is 11.5 Å². The van der Waals surface area contributed by atoms with Gasteiger partial charge in [0.2, 0.25) is 0 Å². The van der Waals surface area contributed by atoms with Crippen molar-refractivity contribution in [3.63, 3.8) is 0 Å². The Labute approximate surface area is 205 Å². The van der Waals surface area contributed by atoms with Gasteiger partial charge in [-0.3, -0.25) is 14.4 Å². The van der Waals surface area contributed by atoms with E-state index >= 15 is 0 Å². The number of carbonyl (C=O) groups is 3. The van der Waals surface area contributed by atoms with Gasteiger partial charge in [-0.1, -0.05) is 6.92 Å². The first kappa shape index (κ1) is 23.3. The molecule has 4 N–H and O–H groups in total. The zero-order valence-corrected chi connectivity index (χ0v) is 20.1. The molecule has 1 aliphatic carbocycles. The van der Waals surface area contributed by atoms with Crippen LogP contribution >= 0.6 is 0 Å². The number of anilines is 2. The molecule has 3 fully saturated rings. The second-order valence-corrected chi connectivity index (χ2v) is 10.0. The van der Waals surface area contributed by atoms with Crippen molar-refractivity contribution in [1.29, 1.82) is 0 Å². The summed E-state index contributed by atoms with van der Waals surface area (Å²) < 4.78 is 0. The number of rotatable bonds is 9. The summed E-state index contributed by atoms with van der Waals surface area (Å²) in [5.74, 6) is 0.676. The molecule has 35 heavy (non-hydrogen) atoms. The van der Waals surface area contributed by atoms with Crippen LogP contribution in [-0.4, -0.2) is 47.3 Å². The molecule has 3 heterocycles. The molecule has 1 aromatic carbocycles. The lowest BCUT2D eigenvalue weighted by molar-refractivity contribution is 0.0924. The molecule has 2 atom stereocenters. The monoisotopic (exact) mass is 475 g/mol. The summed E-state index contributed by atoms with van der Waals surface area (Å²) in [6, 6.07) is 9.58. The minimum absolute atomic E-state index is 0.0786. The Kier molecular flexibility index (Phi) is 6.45. The number of hydrogen-bond donors (Lipinski definition) is 3. The number of piperidine rings is 1. The third-order valence-electron chi connectivity index (χ3n) is 7.43. The third-order valence-corrected chi connectivity index (χ3v) is 7.43. The number of Topliss-reactive ketones (excluding diaryl/α,β-unsaturated/α-hetero) is 1. The summed E-state index contributed by atoms with van der Waals surface area (Å²) in [5.41, 5.74) is 7.70. The molecule has 1 aromatic heterocycles. The number of carbonyl (C=O) groups excluding carboxylic acids is 3. The third kappa shape index (κ3) is 4.88. The molecular weight excluding hydrogens is 442 g/mol. The highest BCUT2D eigenvalue weighted by atomic mass is 16.2. The van der Waals surface area contributed by atoms with Gasteiger partial charge < -0.3 is 21.3 Å². The van der Waals surface area contributed by atoms with Crippen LogP contribution in [0.5, 0.6) is 0 Å². The minimum atomic E-state index is -0.516. The molecule has 0 spiro atoms. The van der Waals surface area contributed by atoms with E-state index in [1.165, 1.54) is 0 Å². The number of pyridine rings is 1. The first-order valence-corrected chi connectivity index (χ1v) is 12.7. The fourth-order valence-electron chi connectivity index (χ4n) is 5.51. The van der Waals surface area contributed by atoms with E-state index in [1.54, 1.807) is 24.4 Å². The van der Waals surface area contributed by atoms with Crippen molar-refractivity contribution >= 4 is 29.1 Å². The Morgan fingerprint density at radius 3 is 2.34 bits per heavy atom. The van der Waals surface area contributed by atoms with Gasteiger partial charge in [0, 0.05) is 53.6 Å². The number of amides is 2. The van der Waals surface area contributed by atoms with Crippen LogP contribution in [0.15, 0.2) is 36.5 Å². The molecule has 2 aliphatic heterocycles. The van der Waals surface area contributed by atoms with E-state index in [0.717, 1.165) is 50.8 Å². The number of nitrogens with zero attached hydrogens (tertiary/aromatic N) is 2. The highest BCUT2D eigenvalue weighted by Crippen LogP contribution is 2.39. The molecule has 8 nitrogen and oxygen atoms in total. The van der Waals surface area contributed by atoms with E-state index in [-0.39, 0.29) is 23.7 Å². The van der Waals surface area contributed by atoms with Crippen LogP contribution in [0.2, 0.25) is 0 Å². The highest BCUT2D eigenvalue weighted by molar-refractivity contribution is 6.02. The Balaban J connectivity index is 1.24. The van der Waals surface area contributed by atoms with E-state index in [2.05, 4.69) is 20.5 Å². The van der Waals surface area contributed by atoms with Crippen molar-refractivity contribution < 1.29 is 14.4 Å². The molecule has 5 rings (SSSR count). The average Bonchev–Trinajstić information content (AvgIpc) is 3.67. The van der Waals surface area contributed by atoms with Crippen LogP contribution < -0.4 is 21.3 Å². The van der Waals surface area contributed by atoms with Crippen molar-refractivity contribution in [2.75, 3.05) is 16.8 Å². The second-order valence-electron chi connectivity index (χ2n) is 10.0. The van der Waals surface area contributed by atoms with Gasteiger partial charge >= 0.3 is 0 Å². The molecule has 1 saturated carbocycles. The topological polar surface area (TPSA) is 117 Å². The molecule has 2 unspecified atom stereocenters. The molecular formula is C27H33N5O3. The van der Waals surface area contributed by atoms with Crippen molar-refractivity contribution in [1.82, 2.24) is 10.3 Å². The summed E-state index contributed by atoms with van der Waals surface area (Å²) in [6.07, 6.45) is 8.46. The van der Waals surface area contributed by atoms with Gasteiger partial charge in [-0.05, 0) is 75.3 Å². The van der Waals surface area contributed by atoms with Gasteiger partial charge in [0.1, 0.15) is 5.82 Å². The Morgan fingerprint density at radius 2 is 1.74 bits per heavy atom. The average molecular weight is 476 g/mol. The van der Waals surface area contributed by atoms with Crippen LogP contribution in [0.3, 0.4) is 0 Å². The van der Waals surface area contributed by atoms with Gasteiger partial charge in [0.25, 0.3) is 11.8 Å². The lowest BCUT2D eigenvalue weighted by atomic mass is 9.96. The summed E-state index contributed by atoms with van der Waals surface area (Å²) in [5, 5.41) is 6.40. The van der Waals surface area contributed by atoms with E-state index in [0.29, 0.717) is 41.0 Å². The number of fused-ring (bicyclic) bond motifs is 2. The number of benzene rings is 1. The maximum Gasteiger partial charge on any atom is 0.251 e. The lowest BCUT2D eigenvalue weighted by Crippen LogP contribution is -2.50. The zero-order chi connectivity index (χ0) is 24.5. The summed E-state index contributed by atoms with van der Waals surface area (Å²) >= 11 is 0. The fourth-order valence-corrected chi connectivity index (χ4v) is 5.51. The number of nitrogens with one attached hydrogen (secondary N) is 2. The van der Waals surface area contributed by atoms with Crippen LogP contribution in [-0.2, 0) is 0 Å². The standard InChI is InChI=1S/C27H33N5O3/c1-2-11-29-23-12-17(5-9-22(23)26(28)34)27(35)31-19-13-20-7-8-21(14-19)32(20)24-10-6-18(15-30-24)25(33)16-3-4-16/h5-6,9-10,12,15-16,19-21,29H,2-4,7-8,11,13-14H2,1H3,(H2,28,34)(H,31,35). The number of hydrogen-bond acceptors (Lipinski definition) is 6. The van der Waals surface area contributed by atoms with Crippen LogP contribution in [0.1, 0.15) is 82.9 Å². The zero-order valence-electron chi connectivity index (χ0n) is 20.1. The molecule has 2 aromatic rings. The van der Waals surface area contributed by atoms with E-state index in [1.807, 2.05) is 19.1 Å². The van der Waals surface area contributed by atoms with Crippen molar-refractivity contribution in [3.8, 4) is 0 Å². The smallest absolute Gasteiger partial charge is 0.251 e. The largest absolute Gasteiger partial charge is 0.384 e. The normalized spacial score (nSPS) is 23.1. The first-order chi connectivity index (χ1) is 16.9. The van der Waals surface area contributed by atoms with Gasteiger partial charge in [-0.2, -0.15) is 0 Å². The van der Waals surface area contributed by atoms with Crippen LogP contribution in [0, 0.1) is 5.92 Å². The van der Waals surface area contributed by atoms with E-state index in [4.69, 9.17) is 5.73 Å². The highest BCUT2D eigenvalue weighted by Gasteiger charge is 2.42. The summed E-state index contributed by atoms with van der Waals surface area (Å²) in [6.45, 7) is 2.72. The predicted octanol–water partition coefficient (Wildman–Crippen LogP) is 3.52. The predicted molar refractivity (Wildman–Crippen MR) is 135 cm³/mol. The van der Waals surface area contributed by atoms with Gasteiger partial charge in [0.05, 0.1) is 5.56 Å². The minimum Gasteiger partial charge on any atom is -0.384 e. The molecule has 8 heteroatoms. The molecule has 0 radical (unpaired) electrons. The Morgan fingerprint density at radius 1 is 1.03 bits per heavy atom. The van der Waals surface area contributed by atoms with Gasteiger partial charge in [-0.15, -0.1) is 0 Å². The lowest BCUT2D eigenvalue weighted by Gasteiger charge is -2.40. The number of nitrogens with two attached hydrogens (primary N) is 1. The van der Waals surface area contributed by atoms with Crippen molar-refractivity contribution in [3.05, 3.63) is 53.2 Å². The maximum absolute atomic E-state index is 13.1. The second kappa shape index (κ2) is 9.68. The molecule has 3 aliphatic rings. The van der Waals surface area contributed by atoms with Crippen molar-refractivity contribution in [2.45, 2.75) is 70.0 Å². The Bertz CT molecular complexity index is 1110. The van der Waals surface area contributed by atoms with Gasteiger partial charge in [0.15, 0.2) is 5.78 Å².